The van der Waals surface area contributed by atoms with Crippen LogP contribution in [-0.4, -0.2) is 23.4 Å². The van der Waals surface area contributed by atoms with Crippen molar-refractivity contribution in [2.75, 3.05) is 12.4 Å². The number of aromatic nitrogens is 1. The average Bonchev–Trinajstić information content (AvgIpc) is 3.18. The highest BCUT2D eigenvalue weighted by Crippen LogP contribution is 2.30. The molecule has 168 valence electrons. The van der Waals surface area contributed by atoms with Gasteiger partial charge in [0, 0.05) is 48.4 Å². The number of ether oxygens (including phenoxy) is 2. The zero-order chi connectivity index (χ0) is 23.4. The molecule has 6 nitrogen and oxygen atoms in total. The molecule has 1 unspecified atom stereocenters. The van der Waals surface area contributed by atoms with Crippen molar-refractivity contribution < 1.29 is 19.1 Å². The van der Waals surface area contributed by atoms with E-state index in [0.717, 1.165) is 22.0 Å². The van der Waals surface area contributed by atoms with Crippen LogP contribution in [0.2, 0.25) is 0 Å². The number of carbonyl (C=O) groups is 2. The maximum atomic E-state index is 13.9. The number of para-hydroxylation sites is 1. The summed E-state index contributed by atoms with van der Waals surface area (Å²) in [6.45, 7) is 1.49. The molecule has 0 spiro atoms. The lowest BCUT2D eigenvalue weighted by Gasteiger charge is -2.20. The highest BCUT2D eigenvalue weighted by atomic mass is 16.5. The van der Waals surface area contributed by atoms with Gasteiger partial charge in [-0.05, 0) is 29.3 Å². The lowest BCUT2D eigenvalue weighted by molar-refractivity contribution is -0.142. The molecule has 4 rings (SSSR count). The summed E-state index contributed by atoms with van der Waals surface area (Å²) in [5.41, 5.74) is 3.95. The van der Waals surface area contributed by atoms with Crippen LogP contribution < -0.4 is 10.1 Å². The molecular formula is C27H26N2O4. The van der Waals surface area contributed by atoms with Gasteiger partial charge in [0.25, 0.3) is 0 Å². The molecular weight excluding hydrogens is 416 g/mol. The first kappa shape index (κ1) is 22.1. The summed E-state index contributed by atoms with van der Waals surface area (Å²) in [6, 6.07) is 22.3. The van der Waals surface area contributed by atoms with Crippen LogP contribution in [0, 0.1) is 0 Å². The first-order valence-electron chi connectivity index (χ1n) is 10.7. The Hall–Kier alpha value is -4.06. The van der Waals surface area contributed by atoms with Crippen molar-refractivity contribution in [3.63, 3.8) is 0 Å². The largest absolute Gasteiger partial charge is 0.497 e. The molecule has 0 saturated carbocycles. The number of rotatable bonds is 8. The number of ketones is 1. The van der Waals surface area contributed by atoms with Crippen molar-refractivity contribution >= 4 is 28.3 Å². The Balaban J connectivity index is 1.74. The van der Waals surface area contributed by atoms with Gasteiger partial charge >= 0.3 is 5.97 Å². The number of esters is 1. The van der Waals surface area contributed by atoms with Crippen LogP contribution in [0.4, 0.5) is 5.69 Å². The predicted molar refractivity (Wildman–Crippen MR) is 129 cm³/mol. The normalized spacial score (nSPS) is 11.7. The van der Waals surface area contributed by atoms with E-state index in [2.05, 4.69) is 5.32 Å². The Bertz CT molecular complexity index is 1290. The van der Waals surface area contributed by atoms with Crippen molar-refractivity contribution in [2.45, 2.75) is 19.6 Å². The summed E-state index contributed by atoms with van der Waals surface area (Å²) in [7, 11) is 3.51. The number of aryl methyl sites for hydroxylation is 1. The van der Waals surface area contributed by atoms with Gasteiger partial charge in [-0.1, -0.05) is 48.5 Å². The number of nitrogens with zero attached hydrogens (tertiary/aromatic N) is 1. The fourth-order valence-corrected chi connectivity index (χ4v) is 3.94. The molecule has 0 fully saturated rings. The van der Waals surface area contributed by atoms with Crippen LogP contribution in [0.25, 0.3) is 10.9 Å². The van der Waals surface area contributed by atoms with Crippen molar-refractivity contribution in [2.24, 2.45) is 7.05 Å². The third-order valence-electron chi connectivity index (χ3n) is 5.51. The summed E-state index contributed by atoms with van der Waals surface area (Å²) in [4.78, 5) is 25.1. The molecule has 1 N–H and O–H groups in total. The first-order valence-corrected chi connectivity index (χ1v) is 10.7. The van der Waals surface area contributed by atoms with E-state index in [1.807, 2.05) is 84.5 Å². The van der Waals surface area contributed by atoms with Crippen LogP contribution in [-0.2, 0) is 23.2 Å². The monoisotopic (exact) mass is 442 g/mol. The summed E-state index contributed by atoms with van der Waals surface area (Å²) < 4.78 is 12.5. The molecule has 1 heterocycles. The number of nitrogens with one attached hydrogen (secondary N) is 1. The van der Waals surface area contributed by atoms with Crippen molar-refractivity contribution in [3.05, 3.63) is 95.7 Å². The van der Waals surface area contributed by atoms with Crippen LogP contribution in [0.1, 0.15) is 34.5 Å². The number of carbonyl (C=O) groups excluding carboxylic acids is 2. The minimum atomic E-state index is -0.620. The molecule has 0 saturated heterocycles. The SMILES string of the molecule is COc1cc(COC(C)=O)cc(NC(C(=O)c2cn(C)c3ccccc23)c2ccccc2)c1. The molecule has 0 bridgehead atoms. The quantitative estimate of drug-likeness (QED) is 0.297. The third-order valence-corrected chi connectivity index (χ3v) is 5.51. The smallest absolute Gasteiger partial charge is 0.302 e. The molecule has 1 atom stereocenters. The van der Waals surface area contributed by atoms with E-state index in [1.54, 1.807) is 13.2 Å². The Morgan fingerprint density at radius 1 is 1.00 bits per heavy atom. The third kappa shape index (κ3) is 4.90. The molecule has 0 radical (unpaired) electrons. The zero-order valence-corrected chi connectivity index (χ0v) is 18.9. The average molecular weight is 443 g/mol. The van der Waals surface area contributed by atoms with Gasteiger partial charge in [0.15, 0.2) is 5.78 Å². The van der Waals surface area contributed by atoms with Gasteiger partial charge in [0.2, 0.25) is 0 Å². The van der Waals surface area contributed by atoms with E-state index in [0.29, 0.717) is 17.0 Å². The Morgan fingerprint density at radius 2 is 1.73 bits per heavy atom. The van der Waals surface area contributed by atoms with Gasteiger partial charge < -0.3 is 19.4 Å². The van der Waals surface area contributed by atoms with Crippen LogP contribution in [0.15, 0.2) is 79.0 Å². The van der Waals surface area contributed by atoms with Gasteiger partial charge in [-0.15, -0.1) is 0 Å². The summed E-state index contributed by atoms with van der Waals surface area (Å²) >= 11 is 0. The molecule has 33 heavy (non-hydrogen) atoms. The molecule has 0 aliphatic rings. The summed E-state index contributed by atoms with van der Waals surface area (Å²) in [6.07, 6.45) is 1.88. The first-order chi connectivity index (χ1) is 16.0. The number of Topliss-reactive ketones (excluding diaryl/α,β-unsaturated/α-hetero) is 1. The Morgan fingerprint density at radius 3 is 2.45 bits per heavy atom. The van der Waals surface area contributed by atoms with Crippen molar-refractivity contribution in [3.8, 4) is 5.75 Å². The molecule has 1 aromatic heterocycles. The maximum absolute atomic E-state index is 13.9. The van der Waals surface area contributed by atoms with Gasteiger partial charge in [0.05, 0.1) is 7.11 Å². The second-order valence-corrected chi connectivity index (χ2v) is 7.87. The summed E-state index contributed by atoms with van der Waals surface area (Å²) in [5.74, 6) is 0.203. The Labute approximate surface area is 192 Å². The molecule has 6 heteroatoms. The number of anilines is 1. The lowest BCUT2D eigenvalue weighted by Crippen LogP contribution is -2.21. The molecule has 3 aromatic carbocycles. The van der Waals surface area contributed by atoms with E-state index in [4.69, 9.17) is 9.47 Å². The number of benzene rings is 3. The second-order valence-electron chi connectivity index (χ2n) is 7.87. The molecule has 0 amide bonds. The highest BCUT2D eigenvalue weighted by molar-refractivity contribution is 6.11. The van der Waals surface area contributed by atoms with Crippen molar-refractivity contribution in [1.29, 1.82) is 0 Å². The van der Waals surface area contributed by atoms with Crippen LogP contribution >= 0.6 is 0 Å². The van der Waals surface area contributed by atoms with Crippen LogP contribution in [0.5, 0.6) is 5.75 Å². The fourth-order valence-electron chi connectivity index (χ4n) is 3.94. The lowest BCUT2D eigenvalue weighted by atomic mass is 9.96. The second kappa shape index (κ2) is 9.61. The minimum absolute atomic E-state index is 0.0395. The van der Waals surface area contributed by atoms with Gasteiger partial charge in [-0.25, -0.2) is 0 Å². The maximum Gasteiger partial charge on any atom is 0.302 e. The van der Waals surface area contributed by atoms with Crippen LogP contribution in [0.3, 0.4) is 0 Å². The van der Waals surface area contributed by atoms with Gasteiger partial charge in [-0.2, -0.15) is 0 Å². The molecule has 0 aliphatic heterocycles. The van der Waals surface area contributed by atoms with E-state index in [1.165, 1.54) is 6.92 Å². The Kier molecular flexibility index (Phi) is 6.45. The zero-order valence-electron chi connectivity index (χ0n) is 18.9. The topological polar surface area (TPSA) is 69.6 Å². The number of methoxy groups -OCH3 is 1. The van der Waals surface area contributed by atoms with E-state index in [-0.39, 0.29) is 18.4 Å². The standard InChI is InChI=1S/C27H26N2O4/c1-18(30)33-17-19-13-21(15-22(14-19)32-3)28-26(20-9-5-4-6-10-20)27(31)24-16-29(2)25-12-8-7-11-23(24)25/h4-16,26,28H,17H2,1-3H3. The summed E-state index contributed by atoms with van der Waals surface area (Å²) in [5, 5.41) is 4.30. The van der Waals surface area contributed by atoms with E-state index in [9.17, 15) is 9.59 Å². The van der Waals surface area contributed by atoms with Crippen molar-refractivity contribution in [1.82, 2.24) is 4.57 Å². The molecule has 0 aliphatic carbocycles. The predicted octanol–water partition coefficient (Wildman–Crippen LogP) is 5.29. The van der Waals surface area contributed by atoms with E-state index < -0.39 is 6.04 Å². The number of hydrogen-bond acceptors (Lipinski definition) is 5. The number of fused-ring (bicyclic) bond motifs is 1. The minimum Gasteiger partial charge on any atom is -0.497 e. The molecule has 4 aromatic rings. The number of hydrogen-bond donors (Lipinski definition) is 1. The van der Waals surface area contributed by atoms with Gasteiger partial charge in [0.1, 0.15) is 18.4 Å². The van der Waals surface area contributed by atoms with Gasteiger partial charge in [-0.3, -0.25) is 9.59 Å². The van der Waals surface area contributed by atoms with E-state index >= 15 is 0 Å². The fraction of sp³-hybridized carbons (Fsp3) is 0.185. The highest BCUT2D eigenvalue weighted by Gasteiger charge is 2.25.